The Morgan fingerprint density at radius 1 is 1.24 bits per heavy atom. The molecule has 0 heterocycles. The second-order valence-corrected chi connectivity index (χ2v) is 6.16. The molecule has 116 valence electrons. The first-order chi connectivity index (χ1) is 10.1. The third-order valence-corrected chi connectivity index (χ3v) is 4.24. The Balaban J connectivity index is 1.74. The van der Waals surface area contributed by atoms with E-state index in [9.17, 15) is 9.90 Å². The van der Waals surface area contributed by atoms with Gasteiger partial charge in [0.05, 0.1) is 5.60 Å². The molecule has 0 aliphatic heterocycles. The molecule has 1 aromatic carbocycles. The van der Waals surface area contributed by atoms with Crippen LogP contribution in [0.2, 0.25) is 0 Å². The second kappa shape index (κ2) is 7.46. The van der Waals surface area contributed by atoms with E-state index in [1.807, 2.05) is 24.3 Å². The molecule has 1 amide bonds. The minimum atomic E-state index is -0.705. The molecule has 0 aromatic heterocycles. The van der Waals surface area contributed by atoms with Gasteiger partial charge in [-0.15, -0.1) is 0 Å². The highest BCUT2D eigenvalue weighted by Gasteiger charge is 2.28. The van der Waals surface area contributed by atoms with E-state index in [1.54, 1.807) is 0 Å². The molecule has 0 saturated heterocycles. The van der Waals surface area contributed by atoms with E-state index in [-0.39, 0.29) is 5.91 Å². The molecule has 1 saturated carbocycles. The van der Waals surface area contributed by atoms with Crippen molar-refractivity contribution < 1.29 is 9.90 Å². The summed E-state index contributed by atoms with van der Waals surface area (Å²) in [4.78, 5) is 11.9. The number of aliphatic hydroxyl groups is 1. The molecule has 1 aliphatic carbocycles. The van der Waals surface area contributed by atoms with Crippen LogP contribution < -0.4 is 11.1 Å². The van der Waals surface area contributed by atoms with E-state index in [2.05, 4.69) is 5.32 Å². The average molecular weight is 290 g/mol. The highest BCUT2D eigenvalue weighted by molar-refractivity contribution is 5.76. The number of aryl methyl sites for hydroxylation is 1. The molecule has 4 nitrogen and oxygen atoms in total. The Kier molecular flexibility index (Phi) is 5.62. The lowest BCUT2D eigenvalue weighted by molar-refractivity contribution is -0.122. The monoisotopic (exact) mass is 290 g/mol. The van der Waals surface area contributed by atoms with Crippen molar-refractivity contribution in [3.8, 4) is 0 Å². The number of anilines is 1. The lowest BCUT2D eigenvalue weighted by atomic mass is 9.94. The summed E-state index contributed by atoms with van der Waals surface area (Å²) in [6.45, 7) is 0.378. The van der Waals surface area contributed by atoms with Gasteiger partial charge in [-0.3, -0.25) is 4.79 Å². The van der Waals surface area contributed by atoms with Crippen LogP contribution in [-0.2, 0) is 11.2 Å². The fourth-order valence-electron chi connectivity index (χ4n) is 2.92. The van der Waals surface area contributed by atoms with Crippen LogP contribution in [0.4, 0.5) is 5.69 Å². The third kappa shape index (κ3) is 5.38. The first kappa shape index (κ1) is 15.8. The predicted octanol–water partition coefficient (Wildman–Crippen LogP) is 2.40. The van der Waals surface area contributed by atoms with Gasteiger partial charge in [0.1, 0.15) is 0 Å². The summed E-state index contributed by atoms with van der Waals surface area (Å²) < 4.78 is 0. The fourth-order valence-corrected chi connectivity index (χ4v) is 2.92. The maximum atomic E-state index is 11.9. The van der Waals surface area contributed by atoms with Crippen molar-refractivity contribution in [1.29, 1.82) is 0 Å². The molecule has 0 spiro atoms. The van der Waals surface area contributed by atoms with E-state index in [0.29, 0.717) is 19.4 Å². The van der Waals surface area contributed by atoms with E-state index < -0.39 is 5.60 Å². The normalized spacial score (nSPS) is 18.0. The second-order valence-electron chi connectivity index (χ2n) is 6.16. The topological polar surface area (TPSA) is 75.4 Å². The van der Waals surface area contributed by atoms with Crippen molar-refractivity contribution in [3.05, 3.63) is 29.8 Å². The van der Waals surface area contributed by atoms with Gasteiger partial charge >= 0.3 is 0 Å². The van der Waals surface area contributed by atoms with Crippen LogP contribution >= 0.6 is 0 Å². The maximum Gasteiger partial charge on any atom is 0.220 e. The van der Waals surface area contributed by atoms with Crippen LogP contribution in [0.5, 0.6) is 0 Å². The first-order valence-corrected chi connectivity index (χ1v) is 7.91. The molecule has 0 atom stereocenters. The zero-order valence-corrected chi connectivity index (χ0v) is 12.6. The van der Waals surface area contributed by atoms with Gasteiger partial charge in [-0.05, 0) is 37.0 Å². The van der Waals surface area contributed by atoms with Gasteiger partial charge < -0.3 is 16.2 Å². The number of benzene rings is 1. The van der Waals surface area contributed by atoms with Gasteiger partial charge in [-0.2, -0.15) is 0 Å². The number of rotatable bonds is 5. The van der Waals surface area contributed by atoms with E-state index in [4.69, 9.17) is 5.73 Å². The van der Waals surface area contributed by atoms with Gasteiger partial charge in [-0.25, -0.2) is 0 Å². The predicted molar refractivity (Wildman–Crippen MR) is 84.8 cm³/mol. The largest absolute Gasteiger partial charge is 0.399 e. The number of hydrogen-bond acceptors (Lipinski definition) is 3. The number of hydrogen-bond donors (Lipinski definition) is 3. The molecule has 21 heavy (non-hydrogen) atoms. The lowest BCUT2D eigenvalue weighted by Crippen LogP contribution is -2.42. The molecule has 1 fully saturated rings. The molecular weight excluding hydrogens is 264 g/mol. The molecule has 0 radical (unpaired) electrons. The first-order valence-electron chi connectivity index (χ1n) is 7.91. The number of nitrogen functional groups attached to an aromatic ring is 1. The van der Waals surface area contributed by atoms with Crippen LogP contribution in [-0.4, -0.2) is 23.2 Å². The smallest absolute Gasteiger partial charge is 0.220 e. The average Bonchev–Trinajstić information content (AvgIpc) is 2.68. The highest BCUT2D eigenvalue weighted by atomic mass is 16.3. The summed E-state index contributed by atoms with van der Waals surface area (Å²) in [5.41, 5.74) is 6.81. The molecule has 1 aromatic rings. The summed E-state index contributed by atoms with van der Waals surface area (Å²) in [7, 11) is 0. The Labute approximate surface area is 126 Å². The Hall–Kier alpha value is -1.55. The van der Waals surface area contributed by atoms with Gasteiger partial charge in [0.25, 0.3) is 0 Å². The molecule has 1 aliphatic rings. The number of carbonyl (C=O) groups is 1. The Bertz CT molecular complexity index is 466. The number of nitrogens with one attached hydrogen (secondary N) is 1. The zero-order chi connectivity index (χ0) is 15.1. The van der Waals surface area contributed by atoms with Crippen molar-refractivity contribution >= 4 is 11.6 Å². The van der Waals surface area contributed by atoms with E-state index in [1.165, 1.54) is 12.8 Å². The van der Waals surface area contributed by atoms with E-state index >= 15 is 0 Å². The van der Waals surface area contributed by atoms with Gasteiger partial charge in [0, 0.05) is 18.7 Å². The minimum Gasteiger partial charge on any atom is -0.399 e. The Morgan fingerprint density at radius 2 is 1.95 bits per heavy atom. The van der Waals surface area contributed by atoms with Gasteiger partial charge in [0.15, 0.2) is 0 Å². The molecule has 2 rings (SSSR count). The van der Waals surface area contributed by atoms with Gasteiger partial charge in [0.2, 0.25) is 5.91 Å². The van der Waals surface area contributed by atoms with Crippen LogP contribution in [0.3, 0.4) is 0 Å². The summed E-state index contributed by atoms with van der Waals surface area (Å²) in [5.74, 6) is -0.00454. The molecule has 0 bridgehead atoms. The molecule has 4 heteroatoms. The van der Waals surface area contributed by atoms with E-state index in [0.717, 1.165) is 36.9 Å². The molecule has 4 N–H and O–H groups in total. The van der Waals surface area contributed by atoms with Crippen molar-refractivity contribution in [2.45, 2.75) is 57.0 Å². The summed E-state index contributed by atoms with van der Waals surface area (Å²) >= 11 is 0. The summed E-state index contributed by atoms with van der Waals surface area (Å²) in [6.07, 6.45) is 7.17. The fraction of sp³-hybridized carbons (Fsp3) is 0.588. The van der Waals surface area contributed by atoms with Crippen LogP contribution in [0.1, 0.15) is 50.5 Å². The zero-order valence-electron chi connectivity index (χ0n) is 12.6. The number of carbonyl (C=O) groups excluding carboxylic acids is 1. The van der Waals surface area contributed by atoms with Crippen LogP contribution in [0.15, 0.2) is 24.3 Å². The lowest BCUT2D eigenvalue weighted by Gasteiger charge is -2.26. The minimum absolute atomic E-state index is 0.00454. The third-order valence-electron chi connectivity index (χ3n) is 4.24. The standard InChI is InChI=1S/C17H26N2O2/c18-15-7-5-6-14(12-15)8-9-16(20)19-13-17(21)10-3-1-2-4-11-17/h5-7,12,21H,1-4,8-11,13,18H2,(H,19,20). The SMILES string of the molecule is Nc1cccc(CCC(=O)NCC2(O)CCCCCC2)c1. The highest BCUT2D eigenvalue weighted by Crippen LogP contribution is 2.26. The van der Waals surface area contributed by atoms with Crippen LogP contribution in [0.25, 0.3) is 0 Å². The summed E-state index contributed by atoms with van der Waals surface area (Å²) in [5, 5.41) is 13.4. The number of amides is 1. The summed E-state index contributed by atoms with van der Waals surface area (Å²) in [6, 6.07) is 7.61. The van der Waals surface area contributed by atoms with Gasteiger partial charge in [-0.1, -0.05) is 37.8 Å². The maximum absolute atomic E-state index is 11.9. The molecule has 0 unspecified atom stereocenters. The quantitative estimate of drug-likeness (QED) is 0.576. The Morgan fingerprint density at radius 3 is 2.62 bits per heavy atom. The van der Waals surface area contributed by atoms with Crippen molar-refractivity contribution in [3.63, 3.8) is 0 Å². The van der Waals surface area contributed by atoms with Crippen molar-refractivity contribution in [2.75, 3.05) is 12.3 Å². The van der Waals surface area contributed by atoms with Crippen LogP contribution in [0, 0.1) is 0 Å². The molecular formula is C17H26N2O2. The number of nitrogens with two attached hydrogens (primary N) is 1. The van der Waals surface area contributed by atoms with Crippen molar-refractivity contribution in [2.24, 2.45) is 0 Å². The van der Waals surface area contributed by atoms with Crippen molar-refractivity contribution in [1.82, 2.24) is 5.32 Å².